The molecule has 8 nitrogen and oxygen atoms in total. The van der Waals surface area contributed by atoms with Crippen molar-refractivity contribution in [3.8, 4) is 0 Å². The summed E-state index contributed by atoms with van der Waals surface area (Å²) in [4.78, 5) is 39.4. The summed E-state index contributed by atoms with van der Waals surface area (Å²) < 4.78 is 16.9. The number of nitrogens with zero attached hydrogens (tertiary/aromatic N) is 1. The van der Waals surface area contributed by atoms with Crippen LogP contribution in [0.1, 0.15) is 40.0 Å². The van der Waals surface area contributed by atoms with Gasteiger partial charge in [0.2, 0.25) is 0 Å². The van der Waals surface area contributed by atoms with E-state index in [9.17, 15) is 19.5 Å². The zero-order valence-corrected chi connectivity index (χ0v) is 18.0. The van der Waals surface area contributed by atoms with Crippen molar-refractivity contribution < 1.29 is 33.7 Å². The van der Waals surface area contributed by atoms with Gasteiger partial charge in [0.25, 0.3) is 0 Å². The normalized spacial score (nSPS) is 30.6. The molecule has 0 radical (unpaired) electrons. The number of benzene rings is 2. The van der Waals surface area contributed by atoms with Crippen molar-refractivity contribution >= 4 is 18.0 Å². The lowest BCUT2D eigenvalue weighted by molar-refractivity contribution is -0.207. The molecule has 0 unspecified atom stereocenters. The zero-order valence-electron chi connectivity index (χ0n) is 18.0. The molecule has 1 amide bonds. The van der Waals surface area contributed by atoms with Crippen LogP contribution in [0.2, 0.25) is 0 Å². The quantitative estimate of drug-likeness (QED) is 0.563. The summed E-state index contributed by atoms with van der Waals surface area (Å²) in [6.45, 7) is 0.453. The van der Waals surface area contributed by atoms with E-state index in [1.54, 1.807) is 65.6 Å². The number of amides is 1. The van der Waals surface area contributed by atoms with E-state index < -0.39 is 35.8 Å². The third kappa shape index (κ3) is 3.84. The Morgan fingerprint density at radius 2 is 1.55 bits per heavy atom. The molecule has 2 heterocycles. The molecule has 2 saturated heterocycles. The second-order valence-corrected chi connectivity index (χ2v) is 8.76. The largest absolute Gasteiger partial charge is 0.455 e. The van der Waals surface area contributed by atoms with E-state index in [1.165, 1.54) is 0 Å². The van der Waals surface area contributed by atoms with Crippen molar-refractivity contribution in [2.24, 2.45) is 5.92 Å². The highest BCUT2D eigenvalue weighted by molar-refractivity contribution is 5.90. The van der Waals surface area contributed by atoms with Crippen LogP contribution >= 0.6 is 0 Å². The number of rotatable bonds is 4. The lowest BCUT2D eigenvalue weighted by Crippen LogP contribution is -2.68. The Hall–Kier alpha value is -3.39. The summed E-state index contributed by atoms with van der Waals surface area (Å²) in [7, 11) is 0. The second-order valence-electron chi connectivity index (χ2n) is 8.76. The summed E-state index contributed by atoms with van der Waals surface area (Å²) in [6.07, 6.45) is -1.21. The Labute approximate surface area is 191 Å². The number of aliphatic hydroxyl groups is 1. The molecule has 0 aromatic heterocycles. The molecule has 1 saturated carbocycles. The number of carbonyl (C=O) groups excluding carboxylic acids is 3. The molecule has 5 rings (SSSR count). The Balaban J connectivity index is 1.44. The van der Waals surface area contributed by atoms with E-state index in [2.05, 4.69) is 0 Å². The highest BCUT2D eigenvalue weighted by Crippen LogP contribution is 2.47. The third-order valence-corrected chi connectivity index (χ3v) is 6.98. The number of fused-ring (bicyclic) bond motifs is 3. The average Bonchev–Trinajstić information content (AvgIpc) is 3.22. The van der Waals surface area contributed by atoms with Crippen molar-refractivity contribution in [3.63, 3.8) is 0 Å². The van der Waals surface area contributed by atoms with Gasteiger partial charge in [-0.3, -0.25) is 0 Å². The molecule has 2 aliphatic heterocycles. The van der Waals surface area contributed by atoms with E-state index in [0.29, 0.717) is 24.0 Å². The van der Waals surface area contributed by atoms with Crippen LogP contribution in [0.15, 0.2) is 60.7 Å². The standard InChI is InChI=1S/C25H25NO7/c27-22(16-7-3-1-4-8-16)32-20-12-11-18-19-15-31-24(29)26(19)14-13-25(18,30)21(20)33-23(28)17-9-5-2-6-10-17/h1-10,18-21,30H,11-15H2/t18-,19-,20-,21+,25-/m0/s1. The molecule has 172 valence electrons. The van der Waals surface area contributed by atoms with Crippen molar-refractivity contribution in [3.05, 3.63) is 71.8 Å². The van der Waals surface area contributed by atoms with Crippen LogP contribution in [0.25, 0.3) is 0 Å². The Morgan fingerprint density at radius 1 is 0.939 bits per heavy atom. The zero-order chi connectivity index (χ0) is 23.0. The molecular formula is C25H25NO7. The van der Waals surface area contributed by atoms with E-state index >= 15 is 0 Å². The Bertz CT molecular complexity index is 1040. The highest BCUT2D eigenvalue weighted by Gasteiger charge is 2.61. The van der Waals surface area contributed by atoms with Crippen molar-refractivity contribution in [2.45, 2.75) is 43.1 Å². The molecule has 2 aromatic rings. The molecule has 3 fully saturated rings. The van der Waals surface area contributed by atoms with Crippen LogP contribution in [0.3, 0.4) is 0 Å². The summed E-state index contributed by atoms with van der Waals surface area (Å²) in [5.41, 5.74) is -0.739. The highest BCUT2D eigenvalue weighted by atomic mass is 16.6. The third-order valence-electron chi connectivity index (χ3n) is 6.98. The molecule has 0 spiro atoms. The van der Waals surface area contributed by atoms with Gasteiger partial charge in [-0.15, -0.1) is 0 Å². The van der Waals surface area contributed by atoms with E-state index in [1.807, 2.05) is 0 Å². The predicted octanol–water partition coefficient (Wildman–Crippen LogP) is 2.80. The molecule has 2 aromatic carbocycles. The van der Waals surface area contributed by atoms with E-state index in [4.69, 9.17) is 14.2 Å². The maximum Gasteiger partial charge on any atom is 0.410 e. The number of hydrogen-bond donors (Lipinski definition) is 1. The minimum Gasteiger partial charge on any atom is -0.455 e. The minimum atomic E-state index is -1.46. The number of piperidine rings is 1. The smallest absolute Gasteiger partial charge is 0.410 e. The minimum absolute atomic E-state index is 0.180. The SMILES string of the molecule is O=C(O[C@H]1CC[C@H]2[C@@H]3COC(=O)N3CC[C@@]2(O)[C@@H]1OC(=O)c1ccccc1)c1ccccc1. The van der Waals surface area contributed by atoms with Gasteiger partial charge in [0, 0.05) is 12.5 Å². The number of cyclic esters (lactones) is 1. The number of ether oxygens (including phenoxy) is 3. The van der Waals surface area contributed by atoms with Crippen molar-refractivity contribution in [1.29, 1.82) is 0 Å². The van der Waals surface area contributed by atoms with Gasteiger partial charge in [-0.2, -0.15) is 0 Å². The summed E-state index contributed by atoms with van der Waals surface area (Å²) in [6, 6.07) is 16.8. The lowest BCUT2D eigenvalue weighted by atomic mass is 9.65. The van der Waals surface area contributed by atoms with Gasteiger partial charge in [-0.05, 0) is 43.5 Å². The molecule has 1 aliphatic carbocycles. The van der Waals surface area contributed by atoms with E-state index in [0.717, 1.165) is 0 Å². The topological polar surface area (TPSA) is 102 Å². The molecule has 8 heteroatoms. The van der Waals surface area contributed by atoms with E-state index in [-0.39, 0.29) is 31.5 Å². The van der Waals surface area contributed by atoms with Gasteiger partial charge in [-0.25, -0.2) is 14.4 Å². The van der Waals surface area contributed by atoms with Crippen LogP contribution in [-0.2, 0) is 14.2 Å². The Kier molecular flexibility index (Phi) is 5.54. The summed E-state index contributed by atoms with van der Waals surface area (Å²) in [5.74, 6) is -1.50. The lowest BCUT2D eigenvalue weighted by Gasteiger charge is -2.53. The van der Waals surface area contributed by atoms with Crippen LogP contribution < -0.4 is 0 Å². The van der Waals surface area contributed by atoms with Crippen molar-refractivity contribution in [1.82, 2.24) is 4.90 Å². The van der Waals surface area contributed by atoms with Crippen LogP contribution in [0.5, 0.6) is 0 Å². The molecule has 1 N–H and O–H groups in total. The number of esters is 2. The molecule has 3 aliphatic rings. The monoisotopic (exact) mass is 451 g/mol. The van der Waals surface area contributed by atoms with Gasteiger partial charge in [0.05, 0.1) is 17.2 Å². The molecule has 0 bridgehead atoms. The van der Waals surface area contributed by atoms with Crippen molar-refractivity contribution in [2.75, 3.05) is 13.2 Å². The first-order chi connectivity index (χ1) is 16.0. The van der Waals surface area contributed by atoms with Gasteiger partial charge in [0.15, 0.2) is 6.10 Å². The van der Waals surface area contributed by atoms with Crippen LogP contribution in [0.4, 0.5) is 4.79 Å². The number of carbonyl (C=O) groups is 3. The second kappa shape index (κ2) is 8.51. The molecular weight excluding hydrogens is 426 g/mol. The van der Waals surface area contributed by atoms with Gasteiger partial charge < -0.3 is 24.2 Å². The van der Waals surface area contributed by atoms with Gasteiger partial charge in [0.1, 0.15) is 18.3 Å². The molecule has 5 atom stereocenters. The first-order valence-corrected chi connectivity index (χ1v) is 11.2. The Morgan fingerprint density at radius 3 is 2.18 bits per heavy atom. The maximum absolute atomic E-state index is 12.9. The molecule has 33 heavy (non-hydrogen) atoms. The van der Waals surface area contributed by atoms with Crippen LogP contribution in [0, 0.1) is 5.92 Å². The summed E-state index contributed by atoms with van der Waals surface area (Å²) >= 11 is 0. The fraction of sp³-hybridized carbons (Fsp3) is 0.400. The summed E-state index contributed by atoms with van der Waals surface area (Å²) in [5, 5.41) is 11.9. The first-order valence-electron chi connectivity index (χ1n) is 11.2. The fourth-order valence-electron chi connectivity index (χ4n) is 5.32. The fourth-order valence-corrected chi connectivity index (χ4v) is 5.32. The predicted molar refractivity (Wildman–Crippen MR) is 115 cm³/mol. The van der Waals surface area contributed by atoms with Gasteiger partial charge >= 0.3 is 18.0 Å². The average molecular weight is 451 g/mol. The van der Waals surface area contributed by atoms with Gasteiger partial charge in [-0.1, -0.05) is 36.4 Å². The van der Waals surface area contributed by atoms with Crippen LogP contribution in [-0.4, -0.2) is 65.0 Å². The number of hydrogen-bond acceptors (Lipinski definition) is 7. The first kappa shape index (κ1) is 21.5. The maximum atomic E-state index is 12.9.